The van der Waals surface area contributed by atoms with Crippen LogP contribution in [0.25, 0.3) is 0 Å². The second-order valence-electron chi connectivity index (χ2n) is 3.89. The highest BCUT2D eigenvalue weighted by Gasteiger charge is 2.32. The van der Waals surface area contributed by atoms with E-state index in [2.05, 4.69) is 0 Å². The van der Waals surface area contributed by atoms with Crippen LogP contribution in [0, 0.1) is 5.92 Å². The Balaban J connectivity index is 2.09. The average Bonchev–Trinajstić information content (AvgIpc) is 2.99. The van der Waals surface area contributed by atoms with Crippen LogP contribution in [-0.4, -0.2) is 34.8 Å². The Morgan fingerprint density at radius 1 is 1.50 bits per heavy atom. The van der Waals surface area contributed by atoms with Gasteiger partial charge in [0.2, 0.25) is 11.8 Å². The lowest BCUT2D eigenvalue weighted by Crippen LogP contribution is -2.34. The SMILES string of the molecule is NC(=O)CN1C(=O)CSC1=CC(=O)C1CC1. The second kappa shape index (κ2) is 4.29. The third-order valence-electron chi connectivity index (χ3n) is 2.47. The van der Waals surface area contributed by atoms with Crippen LogP contribution in [0.3, 0.4) is 0 Å². The van der Waals surface area contributed by atoms with E-state index in [1.165, 1.54) is 22.7 Å². The van der Waals surface area contributed by atoms with E-state index < -0.39 is 5.91 Å². The smallest absolute Gasteiger partial charge is 0.238 e. The molecule has 0 unspecified atom stereocenters. The molecule has 1 saturated carbocycles. The molecule has 0 atom stereocenters. The summed E-state index contributed by atoms with van der Waals surface area (Å²) in [6, 6.07) is 0. The molecule has 1 aliphatic carbocycles. The molecule has 0 radical (unpaired) electrons. The minimum absolute atomic E-state index is 0.0478. The van der Waals surface area contributed by atoms with Crippen molar-refractivity contribution in [2.45, 2.75) is 12.8 Å². The van der Waals surface area contributed by atoms with E-state index in [1.807, 2.05) is 0 Å². The van der Waals surface area contributed by atoms with Gasteiger partial charge in [-0.15, -0.1) is 0 Å². The third-order valence-corrected chi connectivity index (χ3v) is 3.50. The van der Waals surface area contributed by atoms with Gasteiger partial charge in [-0.2, -0.15) is 0 Å². The van der Waals surface area contributed by atoms with E-state index in [1.54, 1.807) is 0 Å². The van der Waals surface area contributed by atoms with Crippen LogP contribution >= 0.6 is 11.8 Å². The summed E-state index contributed by atoms with van der Waals surface area (Å²) in [6.07, 6.45) is 3.32. The summed E-state index contributed by atoms with van der Waals surface area (Å²) in [7, 11) is 0. The first-order valence-electron chi connectivity index (χ1n) is 5.05. The molecule has 0 spiro atoms. The molecular formula is C10H12N2O3S. The first kappa shape index (κ1) is 11.2. The maximum atomic E-state index is 11.6. The van der Waals surface area contributed by atoms with Crippen molar-refractivity contribution >= 4 is 29.4 Å². The number of primary amides is 1. The fourth-order valence-corrected chi connectivity index (χ4v) is 2.41. The summed E-state index contributed by atoms with van der Waals surface area (Å²) >= 11 is 1.28. The van der Waals surface area contributed by atoms with Crippen molar-refractivity contribution in [3.8, 4) is 0 Å². The Morgan fingerprint density at radius 3 is 2.75 bits per heavy atom. The summed E-state index contributed by atoms with van der Waals surface area (Å²) in [5, 5.41) is 0.556. The van der Waals surface area contributed by atoms with Crippen LogP contribution in [0.5, 0.6) is 0 Å². The highest BCUT2D eigenvalue weighted by atomic mass is 32.2. The number of hydrogen-bond donors (Lipinski definition) is 1. The lowest BCUT2D eigenvalue weighted by Gasteiger charge is -2.14. The number of allylic oxidation sites excluding steroid dienone is 1. The zero-order chi connectivity index (χ0) is 11.7. The number of carbonyl (C=O) groups is 3. The van der Waals surface area contributed by atoms with Crippen molar-refractivity contribution in [1.82, 2.24) is 4.90 Å². The summed E-state index contributed by atoms with van der Waals surface area (Å²) in [5.41, 5.74) is 5.05. The van der Waals surface area contributed by atoms with Crippen LogP contribution in [0.2, 0.25) is 0 Å². The maximum Gasteiger partial charge on any atom is 0.238 e. The monoisotopic (exact) mass is 240 g/mol. The van der Waals surface area contributed by atoms with Gasteiger partial charge in [0.1, 0.15) is 6.54 Å². The zero-order valence-corrected chi connectivity index (χ0v) is 9.46. The molecule has 2 amide bonds. The molecule has 1 saturated heterocycles. The Morgan fingerprint density at radius 2 is 2.19 bits per heavy atom. The molecule has 2 rings (SSSR count). The summed E-state index contributed by atoms with van der Waals surface area (Å²) < 4.78 is 0. The lowest BCUT2D eigenvalue weighted by atomic mass is 10.2. The van der Waals surface area contributed by atoms with Gasteiger partial charge in [-0.05, 0) is 12.8 Å². The van der Waals surface area contributed by atoms with Crippen molar-refractivity contribution in [1.29, 1.82) is 0 Å². The zero-order valence-electron chi connectivity index (χ0n) is 8.64. The third kappa shape index (κ3) is 2.44. The van der Waals surface area contributed by atoms with Gasteiger partial charge in [0.05, 0.1) is 10.8 Å². The predicted molar refractivity (Wildman–Crippen MR) is 59.2 cm³/mol. The van der Waals surface area contributed by atoms with E-state index in [4.69, 9.17) is 5.73 Å². The largest absolute Gasteiger partial charge is 0.368 e. The fraction of sp³-hybridized carbons (Fsp3) is 0.500. The number of carbonyl (C=O) groups excluding carboxylic acids is 3. The molecule has 0 aromatic rings. The van der Waals surface area contributed by atoms with Crippen molar-refractivity contribution in [2.75, 3.05) is 12.3 Å². The fourth-order valence-electron chi connectivity index (χ4n) is 1.46. The van der Waals surface area contributed by atoms with Crippen molar-refractivity contribution in [2.24, 2.45) is 11.7 Å². The Bertz CT molecular complexity index is 388. The second-order valence-corrected chi connectivity index (χ2v) is 4.89. The van der Waals surface area contributed by atoms with Gasteiger partial charge in [0, 0.05) is 12.0 Å². The molecule has 0 aromatic carbocycles. The molecule has 2 fully saturated rings. The van der Waals surface area contributed by atoms with Gasteiger partial charge in [-0.1, -0.05) is 11.8 Å². The van der Waals surface area contributed by atoms with E-state index in [9.17, 15) is 14.4 Å². The standard InChI is InChI=1S/C10H12N2O3S/c11-8(14)4-12-9(15)5-16-10(12)3-7(13)6-1-2-6/h3,6H,1-2,4-5H2,(H2,11,14). The Kier molecular flexibility index (Phi) is 3.00. The van der Waals surface area contributed by atoms with Gasteiger partial charge >= 0.3 is 0 Å². The topological polar surface area (TPSA) is 80.5 Å². The normalized spacial score (nSPS) is 22.9. The summed E-state index contributed by atoms with van der Waals surface area (Å²) in [4.78, 5) is 35.1. The molecule has 16 heavy (non-hydrogen) atoms. The molecular weight excluding hydrogens is 228 g/mol. The quantitative estimate of drug-likeness (QED) is 0.694. The number of hydrogen-bond acceptors (Lipinski definition) is 4. The van der Waals surface area contributed by atoms with Gasteiger partial charge in [-0.3, -0.25) is 19.3 Å². The average molecular weight is 240 g/mol. The number of ketones is 1. The maximum absolute atomic E-state index is 11.6. The molecule has 1 heterocycles. The first-order chi connectivity index (χ1) is 7.58. The molecule has 6 heteroatoms. The minimum Gasteiger partial charge on any atom is -0.368 e. The summed E-state index contributed by atoms with van der Waals surface area (Å²) in [5.74, 6) is -0.290. The first-order valence-corrected chi connectivity index (χ1v) is 6.03. The van der Waals surface area contributed by atoms with Gasteiger partial charge in [-0.25, -0.2) is 0 Å². The molecule has 1 aliphatic heterocycles. The van der Waals surface area contributed by atoms with Gasteiger partial charge in [0.25, 0.3) is 0 Å². The highest BCUT2D eigenvalue weighted by molar-refractivity contribution is 8.04. The number of nitrogens with zero attached hydrogens (tertiary/aromatic N) is 1. The molecule has 0 bridgehead atoms. The van der Waals surface area contributed by atoms with Crippen LogP contribution < -0.4 is 5.73 Å². The van der Waals surface area contributed by atoms with E-state index in [0.29, 0.717) is 5.03 Å². The van der Waals surface area contributed by atoms with Crippen LogP contribution in [0.15, 0.2) is 11.1 Å². The predicted octanol–water partition coefficient (Wildman–Crippen LogP) is -0.132. The van der Waals surface area contributed by atoms with Crippen LogP contribution in [0.1, 0.15) is 12.8 Å². The molecule has 5 nitrogen and oxygen atoms in total. The van der Waals surface area contributed by atoms with E-state index in [0.717, 1.165) is 12.8 Å². The number of nitrogens with two attached hydrogens (primary N) is 1. The molecule has 2 aliphatic rings. The van der Waals surface area contributed by atoms with Gasteiger partial charge in [0.15, 0.2) is 5.78 Å². The summed E-state index contributed by atoms with van der Waals surface area (Å²) in [6.45, 7) is -0.143. The Labute approximate surface area is 97.0 Å². The number of thioether (sulfide) groups is 1. The van der Waals surface area contributed by atoms with Crippen molar-refractivity contribution in [3.05, 3.63) is 11.1 Å². The molecule has 86 valence electrons. The van der Waals surface area contributed by atoms with Crippen molar-refractivity contribution < 1.29 is 14.4 Å². The van der Waals surface area contributed by atoms with Crippen LogP contribution in [0.4, 0.5) is 0 Å². The molecule has 2 N–H and O–H groups in total. The Hall–Kier alpha value is -1.30. The highest BCUT2D eigenvalue weighted by Crippen LogP contribution is 2.34. The number of rotatable bonds is 4. The van der Waals surface area contributed by atoms with E-state index in [-0.39, 0.29) is 29.9 Å². The van der Waals surface area contributed by atoms with Gasteiger partial charge < -0.3 is 5.73 Å². The minimum atomic E-state index is -0.569. The number of amides is 2. The molecule has 0 aromatic heterocycles. The van der Waals surface area contributed by atoms with Crippen LogP contribution in [-0.2, 0) is 14.4 Å². The lowest BCUT2D eigenvalue weighted by molar-refractivity contribution is -0.130. The van der Waals surface area contributed by atoms with E-state index >= 15 is 0 Å². The van der Waals surface area contributed by atoms with Crippen molar-refractivity contribution in [3.63, 3.8) is 0 Å².